The maximum Gasteiger partial charge on any atom is 0.191 e. The topological polar surface area (TPSA) is 52.1 Å². The SMILES string of the molecule is CCNC(=NCC(C)N1CCOCC1C)NC1CN(C(C)C)CC1C.I. The van der Waals surface area contributed by atoms with Crippen LogP contribution in [0.1, 0.15) is 41.5 Å². The van der Waals surface area contributed by atoms with Crippen molar-refractivity contribution in [1.29, 1.82) is 0 Å². The summed E-state index contributed by atoms with van der Waals surface area (Å²) in [6.45, 7) is 20.2. The monoisotopic (exact) mass is 481 g/mol. The van der Waals surface area contributed by atoms with E-state index in [-0.39, 0.29) is 24.0 Å². The van der Waals surface area contributed by atoms with E-state index >= 15 is 0 Å². The van der Waals surface area contributed by atoms with Gasteiger partial charge in [0.1, 0.15) is 0 Å². The number of rotatable bonds is 6. The van der Waals surface area contributed by atoms with Gasteiger partial charge in [-0.05, 0) is 40.5 Å². The molecule has 7 heteroatoms. The number of halogens is 1. The summed E-state index contributed by atoms with van der Waals surface area (Å²) in [6.07, 6.45) is 0. The van der Waals surface area contributed by atoms with Crippen molar-refractivity contribution in [3.63, 3.8) is 0 Å². The number of hydrogen-bond acceptors (Lipinski definition) is 4. The van der Waals surface area contributed by atoms with Crippen LogP contribution >= 0.6 is 24.0 Å². The summed E-state index contributed by atoms with van der Waals surface area (Å²) in [5, 5.41) is 7.10. The molecule has 0 aromatic carbocycles. The van der Waals surface area contributed by atoms with E-state index in [0.29, 0.717) is 30.1 Å². The second-order valence-electron chi connectivity index (χ2n) is 8.01. The van der Waals surface area contributed by atoms with Crippen LogP contribution in [0.3, 0.4) is 0 Å². The quantitative estimate of drug-likeness (QED) is 0.346. The third-order valence-corrected chi connectivity index (χ3v) is 5.54. The van der Waals surface area contributed by atoms with E-state index < -0.39 is 0 Å². The molecule has 0 spiro atoms. The van der Waals surface area contributed by atoms with E-state index in [9.17, 15) is 0 Å². The summed E-state index contributed by atoms with van der Waals surface area (Å²) in [5.74, 6) is 1.60. The van der Waals surface area contributed by atoms with Crippen LogP contribution in [0.25, 0.3) is 0 Å². The minimum absolute atomic E-state index is 0. The second kappa shape index (κ2) is 11.7. The molecular formula is C19H40IN5O. The van der Waals surface area contributed by atoms with E-state index in [1.54, 1.807) is 0 Å². The Morgan fingerprint density at radius 2 is 1.96 bits per heavy atom. The lowest BCUT2D eigenvalue weighted by Gasteiger charge is -2.37. The van der Waals surface area contributed by atoms with E-state index in [2.05, 4.69) is 62.0 Å². The van der Waals surface area contributed by atoms with Crippen molar-refractivity contribution in [2.45, 2.75) is 65.7 Å². The van der Waals surface area contributed by atoms with Crippen molar-refractivity contribution < 1.29 is 4.74 Å². The van der Waals surface area contributed by atoms with Gasteiger partial charge in [0.2, 0.25) is 0 Å². The van der Waals surface area contributed by atoms with Gasteiger partial charge in [-0.25, -0.2) is 0 Å². The maximum absolute atomic E-state index is 5.55. The summed E-state index contributed by atoms with van der Waals surface area (Å²) in [7, 11) is 0. The number of nitrogens with zero attached hydrogens (tertiary/aromatic N) is 3. The van der Waals surface area contributed by atoms with E-state index in [0.717, 1.165) is 51.9 Å². The molecule has 0 aliphatic carbocycles. The molecule has 0 radical (unpaired) electrons. The Bertz CT molecular complexity index is 434. The van der Waals surface area contributed by atoms with Crippen molar-refractivity contribution in [2.24, 2.45) is 10.9 Å². The number of hydrogen-bond donors (Lipinski definition) is 2. The Hall–Kier alpha value is -0.120. The van der Waals surface area contributed by atoms with Gasteiger partial charge in [0.05, 0.1) is 19.8 Å². The summed E-state index contributed by atoms with van der Waals surface area (Å²) in [4.78, 5) is 9.94. The molecule has 0 bridgehead atoms. The smallest absolute Gasteiger partial charge is 0.191 e. The van der Waals surface area contributed by atoms with Gasteiger partial charge < -0.3 is 15.4 Å². The van der Waals surface area contributed by atoms with E-state index in [1.807, 2.05) is 0 Å². The van der Waals surface area contributed by atoms with Crippen molar-refractivity contribution in [2.75, 3.05) is 45.9 Å². The molecule has 6 nitrogen and oxygen atoms in total. The molecule has 2 aliphatic heterocycles. The number of nitrogens with one attached hydrogen (secondary N) is 2. The van der Waals surface area contributed by atoms with Gasteiger partial charge in [0.15, 0.2) is 5.96 Å². The molecule has 2 heterocycles. The van der Waals surface area contributed by atoms with E-state index in [4.69, 9.17) is 9.73 Å². The Morgan fingerprint density at radius 3 is 2.54 bits per heavy atom. The highest BCUT2D eigenvalue weighted by Crippen LogP contribution is 2.18. The third kappa shape index (κ3) is 6.80. The largest absolute Gasteiger partial charge is 0.379 e. The fraction of sp³-hybridized carbons (Fsp3) is 0.947. The van der Waals surface area contributed by atoms with Gasteiger partial charge in [-0.3, -0.25) is 14.8 Å². The fourth-order valence-electron chi connectivity index (χ4n) is 3.83. The molecule has 2 fully saturated rings. The zero-order valence-corrected chi connectivity index (χ0v) is 19.8. The molecule has 2 N–H and O–H groups in total. The molecule has 2 aliphatic rings. The number of likely N-dealkylation sites (tertiary alicyclic amines) is 1. The Labute approximate surface area is 177 Å². The van der Waals surface area contributed by atoms with Gasteiger partial charge in [-0.1, -0.05) is 6.92 Å². The molecule has 0 aromatic heterocycles. The third-order valence-electron chi connectivity index (χ3n) is 5.54. The van der Waals surface area contributed by atoms with Crippen LogP contribution in [-0.4, -0.2) is 85.9 Å². The Kier molecular flexibility index (Phi) is 10.7. The van der Waals surface area contributed by atoms with Crippen LogP contribution in [0.5, 0.6) is 0 Å². The maximum atomic E-state index is 5.55. The van der Waals surface area contributed by atoms with Crippen LogP contribution < -0.4 is 10.6 Å². The van der Waals surface area contributed by atoms with Gasteiger partial charge in [-0.2, -0.15) is 0 Å². The van der Waals surface area contributed by atoms with E-state index in [1.165, 1.54) is 0 Å². The summed E-state index contributed by atoms with van der Waals surface area (Å²) in [5.41, 5.74) is 0. The van der Waals surface area contributed by atoms with Gasteiger partial charge in [-0.15, -0.1) is 24.0 Å². The predicted molar refractivity (Wildman–Crippen MR) is 121 cm³/mol. The summed E-state index contributed by atoms with van der Waals surface area (Å²) < 4.78 is 5.55. The average molecular weight is 481 g/mol. The minimum Gasteiger partial charge on any atom is -0.379 e. The van der Waals surface area contributed by atoms with Crippen LogP contribution in [0, 0.1) is 5.92 Å². The predicted octanol–water partition coefficient (Wildman–Crippen LogP) is 2.00. The van der Waals surface area contributed by atoms with Crippen molar-refractivity contribution in [3.8, 4) is 0 Å². The first-order chi connectivity index (χ1) is 11.9. The first-order valence-corrected chi connectivity index (χ1v) is 10.0. The molecule has 0 aromatic rings. The molecular weight excluding hydrogens is 441 g/mol. The molecule has 2 saturated heterocycles. The lowest BCUT2D eigenvalue weighted by Crippen LogP contribution is -2.50. The Balaban J connectivity index is 0.00000338. The lowest BCUT2D eigenvalue weighted by molar-refractivity contribution is -0.0165. The number of morpholine rings is 1. The molecule has 2 rings (SSSR count). The molecule has 0 saturated carbocycles. The number of aliphatic imine (C=N–C) groups is 1. The highest BCUT2D eigenvalue weighted by atomic mass is 127. The molecule has 154 valence electrons. The van der Waals surface area contributed by atoms with Crippen molar-refractivity contribution in [3.05, 3.63) is 0 Å². The normalized spacial score (nSPS) is 29.5. The minimum atomic E-state index is 0. The highest BCUT2D eigenvalue weighted by Gasteiger charge is 2.31. The molecule has 4 atom stereocenters. The van der Waals surface area contributed by atoms with Crippen LogP contribution in [0.15, 0.2) is 4.99 Å². The van der Waals surface area contributed by atoms with Crippen molar-refractivity contribution in [1.82, 2.24) is 20.4 Å². The zero-order valence-electron chi connectivity index (χ0n) is 17.5. The first-order valence-electron chi connectivity index (χ1n) is 10.0. The number of guanidine groups is 1. The standard InChI is InChI=1S/C19H39N5O.HI/c1-7-20-19(22-18-12-23(14(2)3)11-15(18)4)21-10-16(5)24-8-9-25-13-17(24)6;/h14-18H,7-13H2,1-6H3,(H2,20,21,22);1H. The summed E-state index contributed by atoms with van der Waals surface area (Å²) in [6, 6.07) is 1.99. The highest BCUT2D eigenvalue weighted by molar-refractivity contribution is 14.0. The molecule has 26 heavy (non-hydrogen) atoms. The van der Waals surface area contributed by atoms with Crippen LogP contribution in [-0.2, 0) is 4.74 Å². The van der Waals surface area contributed by atoms with Crippen LogP contribution in [0.2, 0.25) is 0 Å². The second-order valence-corrected chi connectivity index (χ2v) is 8.01. The van der Waals surface area contributed by atoms with Gasteiger partial charge >= 0.3 is 0 Å². The van der Waals surface area contributed by atoms with Crippen molar-refractivity contribution >= 4 is 29.9 Å². The average Bonchev–Trinajstić information content (AvgIpc) is 2.94. The zero-order chi connectivity index (χ0) is 18.4. The van der Waals surface area contributed by atoms with Gasteiger partial charge in [0, 0.05) is 50.3 Å². The summed E-state index contributed by atoms with van der Waals surface area (Å²) >= 11 is 0. The molecule has 4 unspecified atom stereocenters. The molecule has 0 amide bonds. The lowest BCUT2D eigenvalue weighted by atomic mass is 10.1. The van der Waals surface area contributed by atoms with Gasteiger partial charge in [0.25, 0.3) is 0 Å². The fourth-order valence-corrected chi connectivity index (χ4v) is 3.83. The Morgan fingerprint density at radius 1 is 1.23 bits per heavy atom. The van der Waals surface area contributed by atoms with Crippen LogP contribution in [0.4, 0.5) is 0 Å². The number of ether oxygens (including phenoxy) is 1. The first kappa shape index (κ1) is 23.9.